The van der Waals surface area contributed by atoms with Gasteiger partial charge >= 0.3 is 6.03 Å². The number of nitrogens with one attached hydrogen (secondary N) is 1. The lowest BCUT2D eigenvalue weighted by atomic mass is 9.89. The fourth-order valence-corrected chi connectivity index (χ4v) is 4.18. The summed E-state index contributed by atoms with van der Waals surface area (Å²) in [5.74, 6) is 0.283. The highest BCUT2D eigenvalue weighted by Crippen LogP contribution is 2.34. The summed E-state index contributed by atoms with van der Waals surface area (Å²) in [7, 11) is 0. The molecule has 1 aromatic rings. The highest BCUT2D eigenvalue weighted by atomic mass is 32.1. The van der Waals surface area contributed by atoms with E-state index in [0.29, 0.717) is 31.6 Å². The molecule has 2 amide bonds. The molecule has 2 aliphatic rings. The molecule has 1 N–H and O–H groups in total. The van der Waals surface area contributed by atoms with Crippen molar-refractivity contribution in [2.45, 2.75) is 38.4 Å². The smallest absolute Gasteiger partial charge is 0.317 e. The van der Waals surface area contributed by atoms with Crippen molar-refractivity contribution in [3.63, 3.8) is 0 Å². The standard InChI is InChI=1S/C17H26N2O3S/c1-13(15-4-3-11-23-15)12-18-16(20)19-7-5-14(6-8-19)17(2)21-9-10-22-17/h3-4,11,13-14H,5-10,12H2,1-2H3,(H,18,20)/t13-/m1/s1. The van der Waals surface area contributed by atoms with E-state index in [0.717, 1.165) is 25.9 Å². The first-order chi connectivity index (χ1) is 11.1. The van der Waals surface area contributed by atoms with Gasteiger partial charge in [-0.2, -0.15) is 0 Å². The van der Waals surface area contributed by atoms with Crippen LogP contribution < -0.4 is 5.32 Å². The van der Waals surface area contributed by atoms with E-state index in [1.54, 1.807) is 11.3 Å². The average Bonchev–Trinajstić information content (AvgIpc) is 3.25. The predicted molar refractivity (Wildman–Crippen MR) is 90.7 cm³/mol. The zero-order valence-corrected chi connectivity index (χ0v) is 14.7. The number of ether oxygens (including phenoxy) is 2. The van der Waals surface area contributed by atoms with E-state index >= 15 is 0 Å². The molecule has 23 heavy (non-hydrogen) atoms. The molecule has 5 nitrogen and oxygen atoms in total. The average molecular weight is 338 g/mol. The van der Waals surface area contributed by atoms with Gasteiger partial charge in [0.25, 0.3) is 0 Å². The molecule has 3 heterocycles. The van der Waals surface area contributed by atoms with Gasteiger partial charge < -0.3 is 19.7 Å². The second kappa shape index (κ2) is 7.20. The van der Waals surface area contributed by atoms with Crippen molar-refractivity contribution in [1.29, 1.82) is 0 Å². The van der Waals surface area contributed by atoms with Crippen LogP contribution in [0.15, 0.2) is 17.5 Å². The van der Waals surface area contributed by atoms with Crippen LogP contribution in [0, 0.1) is 5.92 Å². The lowest BCUT2D eigenvalue weighted by molar-refractivity contribution is -0.189. The van der Waals surface area contributed by atoms with Crippen LogP contribution in [-0.2, 0) is 9.47 Å². The maximum absolute atomic E-state index is 12.3. The van der Waals surface area contributed by atoms with Crippen LogP contribution in [-0.4, -0.2) is 49.6 Å². The first-order valence-corrected chi connectivity index (χ1v) is 9.30. The molecule has 3 rings (SSSR count). The minimum absolute atomic E-state index is 0.0465. The molecular weight excluding hydrogens is 312 g/mol. The van der Waals surface area contributed by atoms with Gasteiger partial charge in [-0.05, 0) is 31.2 Å². The number of carbonyl (C=O) groups is 1. The highest BCUT2D eigenvalue weighted by Gasteiger charge is 2.41. The summed E-state index contributed by atoms with van der Waals surface area (Å²) in [6.07, 6.45) is 1.87. The third kappa shape index (κ3) is 3.87. The van der Waals surface area contributed by atoms with Gasteiger partial charge in [0.1, 0.15) is 0 Å². The summed E-state index contributed by atoms with van der Waals surface area (Å²) >= 11 is 1.74. The summed E-state index contributed by atoms with van der Waals surface area (Å²) in [6, 6.07) is 4.22. The summed E-state index contributed by atoms with van der Waals surface area (Å²) in [5, 5.41) is 5.14. The Balaban J connectivity index is 1.43. The molecule has 1 aromatic heterocycles. The third-order valence-corrected chi connectivity index (χ3v) is 6.08. The summed E-state index contributed by atoms with van der Waals surface area (Å²) < 4.78 is 11.5. The lowest BCUT2D eigenvalue weighted by Crippen LogP contribution is -2.49. The number of carbonyl (C=O) groups excluding carboxylic acids is 1. The molecule has 2 saturated heterocycles. The molecule has 0 aromatic carbocycles. The van der Waals surface area contributed by atoms with Gasteiger partial charge in [-0.15, -0.1) is 11.3 Å². The number of piperidine rings is 1. The Hall–Kier alpha value is -1.11. The number of nitrogens with zero attached hydrogens (tertiary/aromatic N) is 1. The first kappa shape index (κ1) is 16.7. The largest absolute Gasteiger partial charge is 0.348 e. The van der Waals surface area contributed by atoms with E-state index in [1.807, 2.05) is 11.8 Å². The molecule has 0 radical (unpaired) electrons. The normalized spacial score (nSPS) is 23.0. The van der Waals surface area contributed by atoms with E-state index < -0.39 is 5.79 Å². The van der Waals surface area contributed by atoms with E-state index in [4.69, 9.17) is 9.47 Å². The molecule has 128 valence electrons. The predicted octanol–water partition coefficient (Wildman–Crippen LogP) is 3.04. The minimum atomic E-state index is -0.448. The SMILES string of the molecule is C[C@H](CNC(=O)N1CCC(C2(C)OCCO2)CC1)c1cccs1. The molecule has 2 aliphatic heterocycles. The van der Waals surface area contributed by atoms with E-state index in [2.05, 4.69) is 29.8 Å². The highest BCUT2D eigenvalue weighted by molar-refractivity contribution is 7.10. The Morgan fingerprint density at radius 3 is 2.74 bits per heavy atom. The Morgan fingerprint density at radius 1 is 1.43 bits per heavy atom. The van der Waals surface area contributed by atoms with Crippen LogP contribution in [0.1, 0.15) is 37.5 Å². The number of hydrogen-bond donors (Lipinski definition) is 1. The number of amides is 2. The van der Waals surface area contributed by atoms with Crippen molar-refractivity contribution >= 4 is 17.4 Å². The molecule has 2 fully saturated rings. The molecule has 1 atom stereocenters. The monoisotopic (exact) mass is 338 g/mol. The molecule has 0 bridgehead atoms. The van der Waals surface area contributed by atoms with Crippen LogP contribution in [0.4, 0.5) is 4.79 Å². The van der Waals surface area contributed by atoms with Gasteiger partial charge in [-0.25, -0.2) is 4.79 Å². The third-order valence-electron chi connectivity index (χ3n) is 4.97. The number of rotatable bonds is 4. The zero-order chi connectivity index (χ0) is 16.3. The maximum atomic E-state index is 12.3. The van der Waals surface area contributed by atoms with Crippen LogP contribution in [0.25, 0.3) is 0 Å². The number of hydrogen-bond acceptors (Lipinski definition) is 4. The van der Waals surface area contributed by atoms with Crippen molar-refractivity contribution in [3.05, 3.63) is 22.4 Å². The van der Waals surface area contributed by atoms with E-state index in [9.17, 15) is 4.79 Å². The number of thiophene rings is 1. The van der Waals surface area contributed by atoms with Crippen molar-refractivity contribution < 1.29 is 14.3 Å². The number of urea groups is 1. The lowest BCUT2D eigenvalue weighted by Gasteiger charge is -2.39. The van der Waals surface area contributed by atoms with Crippen LogP contribution in [0.3, 0.4) is 0 Å². The van der Waals surface area contributed by atoms with Crippen LogP contribution in [0.2, 0.25) is 0 Å². The van der Waals surface area contributed by atoms with Crippen LogP contribution >= 0.6 is 11.3 Å². The quantitative estimate of drug-likeness (QED) is 0.918. The Morgan fingerprint density at radius 2 is 2.13 bits per heavy atom. The molecule has 0 unspecified atom stereocenters. The van der Waals surface area contributed by atoms with Crippen molar-refractivity contribution in [2.24, 2.45) is 5.92 Å². The van der Waals surface area contributed by atoms with Gasteiger partial charge in [-0.3, -0.25) is 0 Å². The second-order valence-electron chi connectivity index (χ2n) is 6.58. The Bertz CT molecular complexity index is 506. The van der Waals surface area contributed by atoms with Crippen LogP contribution in [0.5, 0.6) is 0 Å². The second-order valence-corrected chi connectivity index (χ2v) is 7.56. The van der Waals surface area contributed by atoms with Gasteiger partial charge in [0, 0.05) is 36.3 Å². The molecular formula is C17H26N2O3S. The van der Waals surface area contributed by atoms with E-state index in [-0.39, 0.29) is 6.03 Å². The van der Waals surface area contributed by atoms with E-state index in [1.165, 1.54) is 4.88 Å². The topological polar surface area (TPSA) is 50.8 Å². The molecule has 6 heteroatoms. The molecule has 0 spiro atoms. The summed E-state index contributed by atoms with van der Waals surface area (Å²) in [6.45, 7) is 7.76. The van der Waals surface area contributed by atoms with Crippen molar-refractivity contribution in [2.75, 3.05) is 32.8 Å². The summed E-state index contributed by atoms with van der Waals surface area (Å²) in [5.41, 5.74) is 0. The van der Waals surface area contributed by atoms with Crippen molar-refractivity contribution in [3.8, 4) is 0 Å². The first-order valence-electron chi connectivity index (χ1n) is 8.42. The Labute approximate surface area is 142 Å². The fraction of sp³-hybridized carbons (Fsp3) is 0.706. The molecule has 0 saturated carbocycles. The van der Waals surface area contributed by atoms with Gasteiger partial charge in [0.05, 0.1) is 13.2 Å². The van der Waals surface area contributed by atoms with Gasteiger partial charge in [0.2, 0.25) is 0 Å². The number of likely N-dealkylation sites (tertiary alicyclic amines) is 1. The fourth-order valence-electron chi connectivity index (χ4n) is 3.40. The summed E-state index contributed by atoms with van der Waals surface area (Å²) in [4.78, 5) is 15.6. The zero-order valence-electron chi connectivity index (χ0n) is 13.9. The minimum Gasteiger partial charge on any atom is -0.348 e. The Kier molecular flexibility index (Phi) is 5.24. The maximum Gasteiger partial charge on any atom is 0.317 e. The van der Waals surface area contributed by atoms with Gasteiger partial charge in [0.15, 0.2) is 5.79 Å². The molecule has 0 aliphatic carbocycles. The van der Waals surface area contributed by atoms with Crippen molar-refractivity contribution in [1.82, 2.24) is 10.2 Å². The van der Waals surface area contributed by atoms with Gasteiger partial charge in [-0.1, -0.05) is 13.0 Å².